The quantitative estimate of drug-likeness (QED) is 0.869. The molecular formula is C14H22BrNOS. The molecule has 0 aromatic carbocycles. The molecule has 2 unspecified atom stereocenters. The molecule has 102 valence electrons. The Labute approximate surface area is 122 Å². The molecular weight excluding hydrogens is 310 g/mol. The van der Waals surface area contributed by atoms with Gasteiger partial charge in [-0.3, -0.25) is 0 Å². The number of thiophene rings is 1. The van der Waals surface area contributed by atoms with Gasteiger partial charge in [0.1, 0.15) is 0 Å². The summed E-state index contributed by atoms with van der Waals surface area (Å²) in [6, 6.07) is 2.74. The number of hydrogen-bond donors (Lipinski definition) is 1. The second-order valence-corrected chi connectivity index (χ2v) is 7.10. The van der Waals surface area contributed by atoms with Crippen molar-refractivity contribution in [2.45, 2.75) is 39.2 Å². The van der Waals surface area contributed by atoms with E-state index in [9.17, 15) is 0 Å². The Kier molecular flexibility index (Phi) is 5.67. The Morgan fingerprint density at radius 1 is 1.61 bits per heavy atom. The molecule has 0 aliphatic carbocycles. The van der Waals surface area contributed by atoms with Crippen molar-refractivity contribution in [2.24, 2.45) is 5.92 Å². The van der Waals surface area contributed by atoms with Crippen molar-refractivity contribution in [3.05, 3.63) is 20.3 Å². The first-order chi connectivity index (χ1) is 8.72. The molecule has 2 heterocycles. The summed E-state index contributed by atoms with van der Waals surface area (Å²) in [5.41, 5.74) is 0. The number of nitrogens with one attached hydrogen (secondary N) is 1. The lowest BCUT2D eigenvalue weighted by Crippen LogP contribution is -2.33. The summed E-state index contributed by atoms with van der Waals surface area (Å²) in [4.78, 5) is 2.81. The minimum absolute atomic E-state index is 0.459. The fourth-order valence-corrected chi connectivity index (χ4v) is 4.19. The minimum atomic E-state index is 0.459. The van der Waals surface area contributed by atoms with Gasteiger partial charge in [0.25, 0.3) is 0 Å². The topological polar surface area (TPSA) is 21.3 Å². The largest absolute Gasteiger partial charge is 0.381 e. The average Bonchev–Trinajstić information content (AvgIpc) is 2.71. The molecule has 0 saturated carbocycles. The zero-order valence-corrected chi connectivity index (χ0v) is 13.6. The van der Waals surface area contributed by atoms with E-state index in [4.69, 9.17) is 4.74 Å². The van der Waals surface area contributed by atoms with Crippen molar-refractivity contribution in [1.82, 2.24) is 5.32 Å². The van der Waals surface area contributed by atoms with Gasteiger partial charge in [0.05, 0.1) is 6.61 Å². The molecule has 1 saturated heterocycles. The molecule has 1 aliphatic rings. The smallest absolute Gasteiger partial charge is 0.0512 e. The van der Waals surface area contributed by atoms with Crippen LogP contribution in [0, 0.1) is 12.8 Å². The van der Waals surface area contributed by atoms with E-state index in [0.29, 0.717) is 12.0 Å². The first-order valence-electron chi connectivity index (χ1n) is 6.79. The maximum absolute atomic E-state index is 5.65. The number of halogens is 1. The van der Waals surface area contributed by atoms with Crippen LogP contribution < -0.4 is 5.32 Å². The zero-order valence-electron chi connectivity index (χ0n) is 11.2. The number of rotatable bonds is 5. The highest BCUT2D eigenvalue weighted by atomic mass is 79.9. The van der Waals surface area contributed by atoms with Gasteiger partial charge in [-0.25, -0.2) is 0 Å². The fourth-order valence-electron chi connectivity index (χ4n) is 2.46. The third-order valence-corrected chi connectivity index (χ3v) is 5.68. The molecule has 0 amide bonds. The van der Waals surface area contributed by atoms with E-state index in [-0.39, 0.29) is 0 Å². The van der Waals surface area contributed by atoms with Crippen molar-refractivity contribution in [1.29, 1.82) is 0 Å². The number of ether oxygens (including phenoxy) is 1. The lowest BCUT2D eigenvalue weighted by atomic mass is 9.92. The second kappa shape index (κ2) is 7.04. The Bertz CT molecular complexity index is 354. The van der Waals surface area contributed by atoms with Gasteiger partial charge in [-0.15, -0.1) is 11.3 Å². The van der Waals surface area contributed by atoms with E-state index in [2.05, 4.69) is 41.2 Å². The summed E-state index contributed by atoms with van der Waals surface area (Å²) < 4.78 is 6.89. The van der Waals surface area contributed by atoms with Gasteiger partial charge in [-0.05, 0) is 54.7 Å². The molecule has 2 rings (SSSR count). The maximum atomic E-state index is 5.65. The molecule has 2 nitrogen and oxygen atoms in total. The third-order valence-electron chi connectivity index (χ3n) is 3.46. The van der Waals surface area contributed by atoms with Crippen LogP contribution in [0.1, 0.15) is 42.0 Å². The number of hydrogen-bond acceptors (Lipinski definition) is 3. The van der Waals surface area contributed by atoms with Crippen molar-refractivity contribution in [3.63, 3.8) is 0 Å². The van der Waals surface area contributed by atoms with Gasteiger partial charge in [0.2, 0.25) is 0 Å². The molecule has 0 radical (unpaired) electrons. The molecule has 1 aromatic rings. The normalized spacial score (nSPS) is 22.1. The van der Waals surface area contributed by atoms with Crippen LogP contribution >= 0.6 is 27.3 Å². The predicted octanol–water partition coefficient (Wildman–Crippen LogP) is 4.29. The standard InChI is InChI=1S/C14H22BrNOS/c1-3-6-16-14(11-5-4-7-17-9-11)13-8-12(15)10(2)18-13/h8,11,14,16H,3-7,9H2,1-2H3. The highest BCUT2D eigenvalue weighted by Crippen LogP contribution is 2.36. The van der Waals surface area contributed by atoms with Crippen LogP contribution in [0.3, 0.4) is 0 Å². The molecule has 2 atom stereocenters. The summed E-state index contributed by atoms with van der Waals surface area (Å²) in [7, 11) is 0. The van der Waals surface area contributed by atoms with Gasteiger partial charge in [-0.1, -0.05) is 6.92 Å². The second-order valence-electron chi connectivity index (χ2n) is 4.96. The van der Waals surface area contributed by atoms with E-state index < -0.39 is 0 Å². The Morgan fingerprint density at radius 3 is 3.00 bits per heavy atom. The van der Waals surface area contributed by atoms with Gasteiger partial charge in [-0.2, -0.15) is 0 Å². The van der Waals surface area contributed by atoms with Crippen LogP contribution in [0.4, 0.5) is 0 Å². The van der Waals surface area contributed by atoms with Crippen molar-refractivity contribution in [3.8, 4) is 0 Å². The highest BCUT2D eigenvalue weighted by Gasteiger charge is 2.26. The summed E-state index contributed by atoms with van der Waals surface area (Å²) in [5, 5.41) is 3.71. The fraction of sp³-hybridized carbons (Fsp3) is 0.714. The van der Waals surface area contributed by atoms with Crippen LogP contribution in [0.5, 0.6) is 0 Å². The lowest BCUT2D eigenvalue weighted by Gasteiger charge is -2.30. The highest BCUT2D eigenvalue weighted by molar-refractivity contribution is 9.10. The monoisotopic (exact) mass is 331 g/mol. The average molecular weight is 332 g/mol. The van der Waals surface area contributed by atoms with Gasteiger partial charge in [0.15, 0.2) is 0 Å². The Morgan fingerprint density at radius 2 is 2.44 bits per heavy atom. The first-order valence-corrected chi connectivity index (χ1v) is 8.40. The van der Waals surface area contributed by atoms with Crippen molar-refractivity contribution in [2.75, 3.05) is 19.8 Å². The molecule has 18 heavy (non-hydrogen) atoms. The Hall–Kier alpha value is 0.1000. The van der Waals surface area contributed by atoms with Crippen LogP contribution in [0.15, 0.2) is 10.5 Å². The van der Waals surface area contributed by atoms with Gasteiger partial charge >= 0.3 is 0 Å². The SMILES string of the molecule is CCCNC(c1cc(Br)c(C)s1)C1CCCOC1. The third kappa shape index (κ3) is 3.56. The van der Waals surface area contributed by atoms with E-state index in [1.165, 1.54) is 33.5 Å². The van der Waals surface area contributed by atoms with Crippen LogP contribution in [-0.2, 0) is 4.74 Å². The molecule has 0 spiro atoms. The van der Waals surface area contributed by atoms with Crippen LogP contribution in [-0.4, -0.2) is 19.8 Å². The minimum Gasteiger partial charge on any atom is -0.381 e. The van der Waals surface area contributed by atoms with E-state index >= 15 is 0 Å². The molecule has 1 aromatic heterocycles. The van der Waals surface area contributed by atoms with Crippen LogP contribution in [0.2, 0.25) is 0 Å². The van der Waals surface area contributed by atoms with Crippen molar-refractivity contribution < 1.29 is 4.74 Å². The molecule has 1 N–H and O–H groups in total. The van der Waals surface area contributed by atoms with Crippen molar-refractivity contribution >= 4 is 27.3 Å². The summed E-state index contributed by atoms with van der Waals surface area (Å²) in [5.74, 6) is 0.621. The predicted molar refractivity (Wildman–Crippen MR) is 81.3 cm³/mol. The Balaban J connectivity index is 2.12. The van der Waals surface area contributed by atoms with Gasteiger partial charge in [0, 0.05) is 32.8 Å². The summed E-state index contributed by atoms with van der Waals surface area (Å²) in [6.45, 7) is 7.30. The summed E-state index contributed by atoms with van der Waals surface area (Å²) in [6.07, 6.45) is 3.64. The lowest BCUT2D eigenvalue weighted by molar-refractivity contribution is 0.0395. The maximum Gasteiger partial charge on any atom is 0.0512 e. The molecule has 1 fully saturated rings. The van der Waals surface area contributed by atoms with E-state index in [1.807, 2.05) is 11.3 Å². The van der Waals surface area contributed by atoms with E-state index in [1.54, 1.807) is 0 Å². The molecule has 1 aliphatic heterocycles. The molecule has 4 heteroatoms. The number of aryl methyl sites for hydroxylation is 1. The summed E-state index contributed by atoms with van der Waals surface area (Å²) >= 11 is 5.53. The van der Waals surface area contributed by atoms with E-state index in [0.717, 1.165) is 19.8 Å². The first kappa shape index (κ1) is 14.5. The van der Waals surface area contributed by atoms with Crippen LogP contribution in [0.25, 0.3) is 0 Å². The molecule has 0 bridgehead atoms. The zero-order chi connectivity index (χ0) is 13.0. The van der Waals surface area contributed by atoms with Gasteiger partial charge < -0.3 is 10.1 Å².